The Morgan fingerprint density at radius 1 is 0.923 bits per heavy atom. The molecule has 0 bridgehead atoms. The lowest BCUT2D eigenvalue weighted by molar-refractivity contribution is -0.115. The van der Waals surface area contributed by atoms with Crippen molar-refractivity contribution in [3.63, 3.8) is 0 Å². The zero-order chi connectivity index (χ0) is 18.7. The van der Waals surface area contributed by atoms with Crippen LogP contribution < -0.4 is 14.8 Å². The van der Waals surface area contributed by atoms with Crippen LogP contribution in [-0.4, -0.2) is 20.0 Å². The van der Waals surface area contributed by atoms with Gasteiger partial charge < -0.3 is 14.8 Å². The van der Waals surface area contributed by atoms with E-state index in [-0.39, 0.29) is 11.7 Å². The molecular formula is C22H25NO3. The van der Waals surface area contributed by atoms with Crippen molar-refractivity contribution in [3.05, 3.63) is 64.9 Å². The number of ketones is 1. The van der Waals surface area contributed by atoms with E-state index in [1.807, 2.05) is 24.3 Å². The summed E-state index contributed by atoms with van der Waals surface area (Å²) in [6.07, 6.45) is 3.02. The molecule has 0 heterocycles. The highest BCUT2D eigenvalue weighted by Crippen LogP contribution is 2.36. The van der Waals surface area contributed by atoms with E-state index in [1.165, 1.54) is 11.1 Å². The molecule has 1 N–H and O–H groups in total. The number of carbonyl (C=O) groups excluding carboxylic acids is 1. The minimum atomic E-state index is 0.126. The third-order valence-electron chi connectivity index (χ3n) is 4.94. The van der Waals surface area contributed by atoms with Crippen molar-refractivity contribution in [2.45, 2.75) is 32.6 Å². The van der Waals surface area contributed by atoms with Crippen molar-refractivity contribution < 1.29 is 14.3 Å². The summed E-state index contributed by atoms with van der Waals surface area (Å²) in [5, 5.41) is 3.41. The van der Waals surface area contributed by atoms with Gasteiger partial charge in [-0.15, -0.1) is 0 Å². The number of nitrogens with one attached hydrogen (secondary N) is 1. The van der Waals surface area contributed by atoms with Crippen LogP contribution in [0.4, 0.5) is 5.69 Å². The SMILES string of the molecule is COc1ccc(C2CC(=O)C=C(Nc3ccc(C)c(C)c3)C2)cc1OC. The molecule has 0 spiro atoms. The topological polar surface area (TPSA) is 47.6 Å². The van der Waals surface area contributed by atoms with E-state index < -0.39 is 0 Å². The number of hydrogen-bond acceptors (Lipinski definition) is 4. The van der Waals surface area contributed by atoms with Crippen molar-refractivity contribution in [2.75, 3.05) is 19.5 Å². The second-order valence-corrected chi connectivity index (χ2v) is 6.78. The van der Waals surface area contributed by atoms with Crippen LogP contribution in [0.25, 0.3) is 0 Å². The first-order chi connectivity index (χ1) is 12.5. The Morgan fingerprint density at radius 2 is 1.69 bits per heavy atom. The van der Waals surface area contributed by atoms with Gasteiger partial charge in [-0.1, -0.05) is 12.1 Å². The maximum atomic E-state index is 12.3. The fraction of sp³-hybridized carbons (Fsp3) is 0.318. The van der Waals surface area contributed by atoms with Crippen LogP contribution in [-0.2, 0) is 4.79 Å². The van der Waals surface area contributed by atoms with Crippen LogP contribution in [0.15, 0.2) is 48.2 Å². The van der Waals surface area contributed by atoms with Crippen LogP contribution in [0.2, 0.25) is 0 Å². The third kappa shape index (κ3) is 3.90. The molecule has 2 aromatic carbocycles. The van der Waals surface area contributed by atoms with Gasteiger partial charge in [-0.05, 0) is 67.1 Å². The molecule has 0 saturated carbocycles. The molecule has 3 rings (SSSR count). The first-order valence-corrected chi connectivity index (χ1v) is 8.79. The lowest BCUT2D eigenvalue weighted by Gasteiger charge is -2.24. The Labute approximate surface area is 154 Å². The van der Waals surface area contributed by atoms with Gasteiger partial charge in [0.15, 0.2) is 17.3 Å². The van der Waals surface area contributed by atoms with Crippen LogP contribution in [0.1, 0.15) is 35.4 Å². The van der Waals surface area contributed by atoms with E-state index in [9.17, 15) is 4.79 Å². The van der Waals surface area contributed by atoms with Gasteiger partial charge >= 0.3 is 0 Å². The molecule has 4 nitrogen and oxygen atoms in total. The first kappa shape index (κ1) is 18.1. The van der Waals surface area contributed by atoms with Crippen LogP contribution in [0.3, 0.4) is 0 Å². The van der Waals surface area contributed by atoms with Gasteiger partial charge in [0.1, 0.15) is 0 Å². The quantitative estimate of drug-likeness (QED) is 0.843. The summed E-state index contributed by atoms with van der Waals surface area (Å²) < 4.78 is 10.7. The molecule has 1 unspecified atom stereocenters. The fourth-order valence-electron chi connectivity index (χ4n) is 3.33. The number of benzene rings is 2. The number of carbonyl (C=O) groups is 1. The number of aryl methyl sites for hydroxylation is 2. The Kier molecular flexibility index (Phi) is 5.31. The molecule has 1 aliphatic carbocycles. The van der Waals surface area contributed by atoms with Crippen molar-refractivity contribution in [1.29, 1.82) is 0 Å². The molecule has 1 atom stereocenters. The van der Waals surface area contributed by atoms with Gasteiger partial charge in [-0.25, -0.2) is 0 Å². The second kappa shape index (κ2) is 7.65. The number of hydrogen-bond donors (Lipinski definition) is 1. The van der Waals surface area contributed by atoms with Gasteiger partial charge in [-0.2, -0.15) is 0 Å². The average Bonchev–Trinajstić information content (AvgIpc) is 2.63. The average molecular weight is 351 g/mol. The highest BCUT2D eigenvalue weighted by atomic mass is 16.5. The van der Waals surface area contributed by atoms with Crippen molar-refractivity contribution >= 4 is 11.5 Å². The van der Waals surface area contributed by atoms with E-state index in [0.717, 1.165) is 23.4 Å². The Hall–Kier alpha value is -2.75. The number of methoxy groups -OCH3 is 2. The minimum absolute atomic E-state index is 0.126. The monoisotopic (exact) mass is 351 g/mol. The third-order valence-corrected chi connectivity index (χ3v) is 4.94. The summed E-state index contributed by atoms with van der Waals surface area (Å²) in [5.41, 5.74) is 5.54. The largest absolute Gasteiger partial charge is 0.493 e. The summed E-state index contributed by atoms with van der Waals surface area (Å²) in [7, 11) is 3.25. The molecule has 0 amide bonds. The predicted molar refractivity (Wildman–Crippen MR) is 104 cm³/mol. The standard InChI is InChI=1S/C22H25NO3/c1-14-5-7-18(9-15(14)2)23-19-10-17(11-20(24)13-19)16-6-8-21(25-3)22(12-16)26-4/h5-9,12-13,17,23H,10-11H2,1-4H3. The van der Waals surface area contributed by atoms with Gasteiger partial charge in [-0.3, -0.25) is 4.79 Å². The highest BCUT2D eigenvalue weighted by molar-refractivity contribution is 5.92. The van der Waals surface area contributed by atoms with Gasteiger partial charge in [0.05, 0.1) is 14.2 Å². The van der Waals surface area contributed by atoms with E-state index in [0.29, 0.717) is 17.9 Å². The molecule has 0 saturated heterocycles. The molecular weight excluding hydrogens is 326 g/mol. The molecule has 136 valence electrons. The van der Waals surface area contributed by atoms with E-state index in [4.69, 9.17) is 9.47 Å². The Morgan fingerprint density at radius 3 is 2.38 bits per heavy atom. The minimum Gasteiger partial charge on any atom is -0.493 e. The summed E-state index contributed by atoms with van der Waals surface area (Å²) >= 11 is 0. The van der Waals surface area contributed by atoms with Crippen molar-refractivity contribution in [2.24, 2.45) is 0 Å². The lowest BCUT2D eigenvalue weighted by atomic mass is 9.85. The second-order valence-electron chi connectivity index (χ2n) is 6.78. The van der Waals surface area contributed by atoms with Crippen LogP contribution >= 0.6 is 0 Å². The zero-order valence-corrected chi connectivity index (χ0v) is 15.8. The van der Waals surface area contributed by atoms with Crippen LogP contribution in [0, 0.1) is 13.8 Å². The molecule has 0 radical (unpaired) electrons. The maximum Gasteiger partial charge on any atom is 0.160 e. The summed E-state index contributed by atoms with van der Waals surface area (Å²) in [6.45, 7) is 4.18. The molecule has 0 aliphatic heterocycles. The molecule has 1 aliphatic rings. The molecule has 0 fully saturated rings. The number of anilines is 1. The van der Waals surface area contributed by atoms with Crippen molar-refractivity contribution in [3.8, 4) is 11.5 Å². The normalized spacial score (nSPS) is 16.8. The summed E-state index contributed by atoms with van der Waals surface area (Å²) in [6, 6.07) is 12.1. The van der Waals surface area contributed by atoms with Gasteiger partial charge in [0.25, 0.3) is 0 Å². The van der Waals surface area contributed by atoms with E-state index in [1.54, 1.807) is 20.3 Å². The summed E-state index contributed by atoms with van der Waals surface area (Å²) in [4.78, 5) is 12.3. The fourth-order valence-corrected chi connectivity index (χ4v) is 3.33. The number of ether oxygens (including phenoxy) is 2. The lowest BCUT2D eigenvalue weighted by Crippen LogP contribution is -2.17. The molecule has 26 heavy (non-hydrogen) atoms. The van der Waals surface area contributed by atoms with Gasteiger partial charge in [0, 0.05) is 23.9 Å². The first-order valence-electron chi connectivity index (χ1n) is 8.79. The Balaban J connectivity index is 1.81. The van der Waals surface area contributed by atoms with E-state index in [2.05, 4.69) is 31.3 Å². The number of allylic oxidation sites excluding steroid dienone is 2. The van der Waals surface area contributed by atoms with Crippen LogP contribution in [0.5, 0.6) is 11.5 Å². The van der Waals surface area contributed by atoms with E-state index >= 15 is 0 Å². The number of rotatable bonds is 5. The Bertz CT molecular complexity index is 854. The zero-order valence-electron chi connectivity index (χ0n) is 15.8. The summed E-state index contributed by atoms with van der Waals surface area (Å²) in [5.74, 6) is 1.65. The smallest absolute Gasteiger partial charge is 0.160 e. The molecule has 0 aromatic heterocycles. The molecule has 2 aromatic rings. The maximum absolute atomic E-state index is 12.3. The van der Waals surface area contributed by atoms with Gasteiger partial charge in [0.2, 0.25) is 0 Å². The predicted octanol–water partition coefficient (Wildman–Crippen LogP) is 4.76. The molecule has 4 heteroatoms. The van der Waals surface area contributed by atoms with Crippen molar-refractivity contribution in [1.82, 2.24) is 0 Å². The highest BCUT2D eigenvalue weighted by Gasteiger charge is 2.23.